The average Bonchev–Trinajstić information content (AvgIpc) is 2.74. The van der Waals surface area contributed by atoms with Crippen molar-refractivity contribution < 1.29 is 14.6 Å². The average molecular weight is 396 g/mol. The maximum absolute atomic E-state index is 10.3. The smallest absolute Gasteiger partial charge is 0.123 e. The first-order valence-corrected chi connectivity index (χ1v) is 9.96. The van der Waals surface area contributed by atoms with Gasteiger partial charge in [-0.15, -0.1) is 0 Å². The van der Waals surface area contributed by atoms with Gasteiger partial charge in [-0.2, -0.15) is 5.26 Å². The molecular formula is C23H29N3O3. The molecule has 2 aromatic rings. The van der Waals surface area contributed by atoms with Crippen LogP contribution in [0.15, 0.2) is 42.5 Å². The summed E-state index contributed by atoms with van der Waals surface area (Å²) in [6.45, 7) is 7.57. The molecule has 2 aromatic carbocycles. The number of ether oxygens (including phenoxy) is 2. The fourth-order valence-corrected chi connectivity index (χ4v) is 3.57. The lowest BCUT2D eigenvalue weighted by Gasteiger charge is -2.35. The molecule has 0 bridgehead atoms. The van der Waals surface area contributed by atoms with Gasteiger partial charge in [-0.25, -0.2) is 0 Å². The number of benzene rings is 2. The van der Waals surface area contributed by atoms with Crippen LogP contribution in [0.2, 0.25) is 0 Å². The standard InChI is InChI=1S/C23H29N3O3/c1-18-3-8-23(28-2)20(13-18)15-25-9-11-26(12-10-25)16-21(27)17-29-22-6-4-19(14-24)5-7-22/h3-8,13,21,27H,9-12,15-17H2,1-2H3. The number of aliphatic hydroxyl groups is 1. The Morgan fingerprint density at radius 1 is 1.07 bits per heavy atom. The predicted molar refractivity (Wildman–Crippen MR) is 112 cm³/mol. The fourth-order valence-electron chi connectivity index (χ4n) is 3.57. The minimum atomic E-state index is -0.547. The van der Waals surface area contributed by atoms with Crippen LogP contribution < -0.4 is 9.47 Å². The number of piperazine rings is 1. The van der Waals surface area contributed by atoms with E-state index in [4.69, 9.17) is 14.7 Å². The van der Waals surface area contributed by atoms with Gasteiger partial charge in [0.25, 0.3) is 0 Å². The first-order valence-electron chi connectivity index (χ1n) is 9.96. The Hall–Kier alpha value is -2.59. The number of hydrogen-bond donors (Lipinski definition) is 1. The molecule has 0 spiro atoms. The molecule has 1 unspecified atom stereocenters. The lowest BCUT2D eigenvalue weighted by Crippen LogP contribution is -2.48. The second-order valence-corrected chi connectivity index (χ2v) is 7.49. The van der Waals surface area contributed by atoms with E-state index in [9.17, 15) is 5.11 Å². The number of hydrogen-bond acceptors (Lipinski definition) is 6. The maximum atomic E-state index is 10.3. The molecule has 29 heavy (non-hydrogen) atoms. The van der Waals surface area contributed by atoms with E-state index in [0.717, 1.165) is 38.5 Å². The number of methoxy groups -OCH3 is 1. The molecule has 1 fully saturated rings. The molecule has 1 heterocycles. The van der Waals surface area contributed by atoms with E-state index in [1.54, 1.807) is 31.4 Å². The third kappa shape index (κ3) is 6.20. The van der Waals surface area contributed by atoms with Crippen molar-refractivity contribution in [1.82, 2.24) is 9.80 Å². The van der Waals surface area contributed by atoms with Crippen molar-refractivity contribution in [3.63, 3.8) is 0 Å². The topological polar surface area (TPSA) is 69.0 Å². The first-order chi connectivity index (χ1) is 14.1. The third-order valence-corrected chi connectivity index (χ3v) is 5.19. The zero-order valence-electron chi connectivity index (χ0n) is 17.2. The van der Waals surface area contributed by atoms with Gasteiger partial charge < -0.3 is 14.6 Å². The van der Waals surface area contributed by atoms with Gasteiger partial charge in [-0.05, 0) is 37.3 Å². The quantitative estimate of drug-likeness (QED) is 0.740. The Balaban J connectivity index is 1.41. The van der Waals surface area contributed by atoms with Crippen molar-refractivity contribution >= 4 is 0 Å². The summed E-state index contributed by atoms with van der Waals surface area (Å²) in [4.78, 5) is 4.70. The second kappa shape index (κ2) is 10.3. The molecule has 1 atom stereocenters. The summed E-state index contributed by atoms with van der Waals surface area (Å²) in [5.41, 5.74) is 3.06. The zero-order valence-corrected chi connectivity index (χ0v) is 17.2. The predicted octanol–water partition coefficient (Wildman–Crippen LogP) is 2.43. The lowest BCUT2D eigenvalue weighted by atomic mass is 10.1. The summed E-state index contributed by atoms with van der Waals surface area (Å²) in [5.74, 6) is 1.60. The van der Waals surface area contributed by atoms with Crippen LogP contribution in [0, 0.1) is 18.3 Å². The Bertz CT molecular complexity index is 824. The molecule has 1 saturated heterocycles. The molecule has 1 N–H and O–H groups in total. The number of β-amino-alcohol motifs (C(OH)–C–C–N with tert-alkyl or cyclic N) is 1. The van der Waals surface area contributed by atoms with Crippen LogP contribution in [0.3, 0.4) is 0 Å². The SMILES string of the molecule is COc1ccc(C)cc1CN1CCN(CC(O)COc2ccc(C#N)cc2)CC1. The number of aryl methyl sites for hydroxylation is 1. The highest BCUT2D eigenvalue weighted by molar-refractivity contribution is 5.37. The van der Waals surface area contributed by atoms with Gasteiger partial charge in [0.05, 0.1) is 18.7 Å². The minimum Gasteiger partial charge on any atom is -0.496 e. The van der Waals surface area contributed by atoms with Crippen molar-refractivity contribution in [1.29, 1.82) is 5.26 Å². The van der Waals surface area contributed by atoms with Crippen molar-refractivity contribution in [2.24, 2.45) is 0 Å². The monoisotopic (exact) mass is 395 g/mol. The van der Waals surface area contributed by atoms with E-state index in [1.165, 1.54) is 11.1 Å². The van der Waals surface area contributed by atoms with E-state index in [2.05, 4.69) is 34.9 Å². The van der Waals surface area contributed by atoms with Crippen LogP contribution in [0.4, 0.5) is 0 Å². The second-order valence-electron chi connectivity index (χ2n) is 7.49. The summed E-state index contributed by atoms with van der Waals surface area (Å²) >= 11 is 0. The normalized spacial score (nSPS) is 16.2. The Labute approximate surface area is 172 Å². The molecule has 0 saturated carbocycles. The summed E-state index contributed by atoms with van der Waals surface area (Å²) in [5, 5.41) is 19.1. The molecule has 1 aliphatic heterocycles. The van der Waals surface area contributed by atoms with Crippen LogP contribution in [-0.2, 0) is 6.54 Å². The number of nitriles is 1. The van der Waals surface area contributed by atoms with Crippen LogP contribution >= 0.6 is 0 Å². The fraction of sp³-hybridized carbons (Fsp3) is 0.435. The summed E-state index contributed by atoms with van der Waals surface area (Å²) in [7, 11) is 1.72. The van der Waals surface area contributed by atoms with Crippen LogP contribution in [0.5, 0.6) is 11.5 Å². The van der Waals surface area contributed by atoms with E-state index in [0.29, 0.717) is 17.9 Å². The number of rotatable bonds is 8. The number of aliphatic hydroxyl groups excluding tert-OH is 1. The third-order valence-electron chi connectivity index (χ3n) is 5.19. The van der Waals surface area contributed by atoms with Gasteiger partial charge in [-0.1, -0.05) is 17.7 Å². The van der Waals surface area contributed by atoms with E-state index < -0.39 is 6.10 Å². The highest BCUT2D eigenvalue weighted by Gasteiger charge is 2.20. The molecule has 0 radical (unpaired) electrons. The van der Waals surface area contributed by atoms with Gasteiger partial charge in [0.2, 0.25) is 0 Å². The highest BCUT2D eigenvalue weighted by atomic mass is 16.5. The van der Waals surface area contributed by atoms with Crippen molar-refractivity contribution in [3.05, 3.63) is 59.2 Å². The van der Waals surface area contributed by atoms with E-state index >= 15 is 0 Å². The first kappa shape index (κ1) is 21.1. The summed E-state index contributed by atoms with van der Waals surface area (Å²) < 4.78 is 11.1. The molecule has 0 amide bonds. The van der Waals surface area contributed by atoms with Crippen LogP contribution in [0.1, 0.15) is 16.7 Å². The maximum Gasteiger partial charge on any atom is 0.123 e. The Morgan fingerprint density at radius 3 is 2.41 bits per heavy atom. The molecule has 1 aliphatic rings. The van der Waals surface area contributed by atoms with Crippen LogP contribution in [0.25, 0.3) is 0 Å². The molecule has 6 heteroatoms. The molecule has 6 nitrogen and oxygen atoms in total. The summed E-state index contributed by atoms with van der Waals surface area (Å²) in [6, 6.07) is 15.3. The van der Waals surface area contributed by atoms with Crippen LogP contribution in [-0.4, -0.2) is 67.5 Å². The molecular weight excluding hydrogens is 366 g/mol. The van der Waals surface area contributed by atoms with Gasteiger partial charge in [-0.3, -0.25) is 9.80 Å². The van der Waals surface area contributed by atoms with E-state index in [-0.39, 0.29) is 6.61 Å². The van der Waals surface area contributed by atoms with Gasteiger partial charge >= 0.3 is 0 Å². The summed E-state index contributed by atoms with van der Waals surface area (Å²) in [6.07, 6.45) is -0.547. The minimum absolute atomic E-state index is 0.243. The van der Waals surface area contributed by atoms with Crippen molar-refractivity contribution in [2.75, 3.05) is 46.4 Å². The molecule has 0 aliphatic carbocycles. The molecule has 154 valence electrons. The zero-order chi connectivity index (χ0) is 20.6. The number of nitrogens with zero attached hydrogens (tertiary/aromatic N) is 3. The molecule has 0 aromatic heterocycles. The van der Waals surface area contributed by atoms with Crippen molar-refractivity contribution in [3.8, 4) is 17.6 Å². The highest BCUT2D eigenvalue weighted by Crippen LogP contribution is 2.22. The van der Waals surface area contributed by atoms with Gasteiger partial charge in [0, 0.05) is 44.8 Å². The molecule has 3 rings (SSSR count). The van der Waals surface area contributed by atoms with Gasteiger partial charge in [0.15, 0.2) is 0 Å². The Morgan fingerprint density at radius 2 is 1.76 bits per heavy atom. The lowest BCUT2D eigenvalue weighted by molar-refractivity contribution is 0.0445. The largest absolute Gasteiger partial charge is 0.496 e. The van der Waals surface area contributed by atoms with Gasteiger partial charge in [0.1, 0.15) is 24.2 Å². The van der Waals surface area contributed by atoms with E-state index in [1.807, 2.05) is 6.07 Å². The van der Waals surface area contributed by atoms with Crippen molar-refractivity contribution in [2.45, 2.75) is 19.6 Å². The Kier molecular flexibility index (Phi) is 7.48.